The molecule has 5 heteroatoms. The van der Waals surface area contributed by atoms with E-state index in [1.54, 1.807) is 13.2 Å². The normalized spacial score (nSPS) is 10.6. The van der Waals surface area contributed by atoms with Crippen molar-refractivity contribution in [3.63, 3.8) is 0 Å². The Balaban J connectivity index is 2.61. The first-order valence-electron chi connectivity index (χ1n) is 6.94. The maximum Gasteiger partial charge on any atom is 0.165 e. The molecule has 0 aliphatic carbocycles. The van der Waals surface area contributed by atoms with Crippen molar-refractivity contribution >= 4 is 11.6 Å². The Morgan fingerprint density at radius 2 is 2.00 bits per heavy atom. The van der Waals surface area contributed by atoms with Crippen LogP contribution in [0.25, 0.3) is 0 Å². The Morgan fingerprint density at radius 3 is 2.65 bits per heavy atom. The molecule has 0 aliphatic rings. The zero-order chi connectivity index (χ0) is 14.8. The van der Waals surface area contributed by atoms with Gasteiger partial charge < -0.3 is 19.5 Å². The molecule has 0 amide bonds. The summed E-state index contributed by atoms with van der Waals surface area (Å²) >= 11 is 6.07. The fraction of sp³-hybridized carbons (Fsp3) is 0.600. The highest BCUT2D eigenvalue weighted by Gasteiger charge is 2.12. The molecule has 0 aliphatic heterocycles. The largest absolute Gasteiger partial charge is 0.493 e. The van der Waals surface area contributed by atoms with E-state index in [0.29, 0.717) is 30.5 Å². The minimum atomic E-state index is 0.498. The van der Waals surface area contributed by atoms with Crippen LogP contribution in [0.15, 0.2) is 12.1 Å². The summed E-state index contributed by atoms with van der Waals surface area (Å²) in [7, 11) is 3.49. The molecular formula is C15H24ClNO3. The van der Waals surface area contributed by atoms with Gasteiger partial charge in [0.05, 0.1) is 13.7 Å². The summed E-state index contributed by atoms with van der Waals surface area (Å²) in [5.41, 5.74) is 0.977. The van der Waals surface area contributed by atoms with Gasteiger partial charge in [-0.25, -0.2) is 0 Å². The maximum atomic E-state index is 6.07. The van der Waals surface area contributed by atoms with Crippen LogP contribution >= 0.6 is 11.6 Å². The van der Waals surface area contributed by atoms with E-state index in [2.05, 4.69) is 12.2 Å². The van der Waals surface area contributed by atoms with Gasteiger partial charge in [-0.15, -0.1) is 0 Å². The standard InChI is InChI=1S/C15H24ClNO3/c1-4-5-6-19-7-8-20-15-12(11-17-2)9-13(16)10-14(15)18-3/h9-10,17H,4-8,11H2,1-3H3. The van der Waals surface area contributed by atoms with Crippen molar-refractivity contribution < 1.29 is 14.2 Å². The quantitative estimate of drug-likeness (QED) is 0.673. The van der Waals surface area contributed by atoms with Crippen molar-refractivity contribution in [1.82, 2.24) is 5.32 Å². The van der Waals surface area contributed by atoms with Crippen LogP contribution in [0, 0.1) is 0 Å². The molecule has 114 valence electrons. The molecule has 1 aromatic carbocycles. The van der Waals surface area contributed by atoms with Gasteiger partial charge in [0.25, 0.3) is 0 Å². The molecule has 0 saturated heterocycles. The van der Waals surface area contributed by atoms with Crippen molar-refractivity contribution in [2.75, 3.05) is 34.0 Å². The lowest BCUT2D eigenvalue weighted by atomic mass is 10.2. The van der Waals surface area contributed by atoms with Gasteiger partial charge in [-0.1, -0.05) is 24.9 Å². The third kappa shape index (κ3) is 5.57. The molecule has 1 N–H and O–H groups in total. The van der Waals surface area contributed by atoms with E-state index in [-0.39, 0.29) is 0 Å². The number of ether oxygens (including phenoxy) is 3. The number of methoxy groups -OCH3 is 1. The highest BCUT2D eigenvalue weighted by Crippen LogP contribution is 2.34. The van der Waals surface area contributed by atoms with Crippen LogP contribution in [0.3, 0.4) is 0 Å². The highest BCUT2D eigenvalue weighted by atomic mass is 35.5. The van der Waals surface area contributed by atoms with Gasteiger partial charge in [-0.3, -0.25) is 0 Å². The molecule has 0 aromatic heterocycles. The van der Waals surface area contributed by atoms with E-state index in [9.17, 15) is 0 Å². The van der Waals surface area contributed by atoms with Gasteiger partial charge in [-0.05, 0) is 19.5 Å². The molecule has 0 atom stereocenters. The van der Waals surface area contributed by atoms with Gasteiger partial charge >= 0.3 is 0 Å². The molecule has 20 heavy (non-hydrogen) atoms. The van der Waals surface area contributed by atoms with Gasteiger partial charge in [0.15, 0.2) is 11.5 Å². The molecule has 0 saturated carbocycles. The fourth-order valence-corrected chi connectivity index (χ4v) is 2.04. The number of unbranched alkanes of at least 4 members (excludes halogenated alkanes) is 1. The van der Waals surface area contributed by atoms with E-state index in [4.69, 9.17) is 25.8 Å². The SMILES string of the molecule is CCCCOCCOc1c(CNC)cc(Cl)cc1OC. The van der Waals surface area contributed by atoms with Crippen LogP contribution in [-0.2, 0) is 11.3 Å². The zero-order valence-corrected chi connectivity index (χ0v) is 13.3. The van der Waals surface area contributed by atoms with Crippen LogP contribution in [0.4, 0.5) is 0 Å². The predicted molar refractivity (Wildman–Crippen MR) is 82.0 cm³/mol. The van der Waals surface area contributed by atoms with Gasteiger partial charge in [0.2, 0.25) is 0 Å². The summed E-state index contributed by atoms with van der Waals surface area (Å²) in [6, 6.07) is 3.64. The molecule has 0 fully saturated rings. The minimum absolute atomic E-state index is 0.498. The second-order valence-electron chi connectivity index (χ2n) is 4.44. The molecule has 4 nitrogen and oxygen atoms in total. The first-order chi connectivity index (χ1) is 9.72. The first-order valence-corrected chi connectivity index (χ1v) is 7.32. The van der Waals surface area contributed by atoms with Crippen LogP contribution in [-0.4, -0.2) is 34.0 Å². The van der Waals surface area contributed by atoms with E-state index in [0.717, 1.165) is 30.8 Å². The maximum absolute atomic E-state index is 6.07. The molecule has 0 unspecified atom stereocenters. The van der Waals surface area contributed by atoms with Gasteiger partial charge in [0.1, 0.15) is 6.61 Å². The molecule has 0 bridgehead atoms. The van der Waals surface area contributed by atoms with Crippen molar-refractivity contribution in [3.05, 3.63) is 22.7 Å². The van der Waals surface area contributed by atoms with Crippen LogP contribution < -0.4 is 14.8 Å². The molecule has 0 spiro atoms. The lowest BCUT2D eigenvalue weighted by molar-refractivity contribution is 0.0966. The number of rotatable bonds is 10. The molecule has 0 radical (unpaired) electrons. The molecule has 1 aromatic rings. The zero-order valence-electron chi connectivity index (χ0n) is 12.5. The first kappa shape index (κ1) is 17.1. The predicted octanol–water partition coefficient (Wildman–Crippen LogP) is 3.26. The van der Waals surface area contributed by atoms with E-state index >= 15 is 0 Å². The van der Waals surface area contributed by atoms with Crippen LogP contribution in [0.1, 0.15) is 25.3 Å². The number of benzene rings is 1. The Hall–Kier alpha value is -0.970. The summed E-state index contributed by atoms with van der Waals surface area (Å²) in [6.07, 6.45) is 2.22. The Kier molecular flexibility index (Phi) is 8.42. The smallest absolute Gasteiger partial charge is 0.165 e. The summed E-state index contributed by atoms with van der Waals surface area (Å²) in [4.78, 5) is 0. The molecule has 1 rings (SSSR count). The minimum Gasteiger partial charge on any atom is -0.493 e. The van der Waals surface area contributed by atoms with Gasteiger partial charge in [0, 0.05) is 29.8 Å². The van der Waals surface area contributed by atoms with E-state index in [1.165, 1.54) is 0 Å². The van der Waals surface area contributed by atoms with Crippen LogP contribution in [0.2, 0.25) is 5.02 Å². The summed E-state index contributed by atoms with van der Waals surface area (Å²) in [6.45, 7) is 4.66. The molecular weight excluding hydrogens is 278 g/mol. The lowest BCUT2D eigenvalue weighted by Crippen LogP contribution is -2.12. The Bertz CT molecular complexity index is 399. The second-order valence-corrected chi connectivity index (χ2v) is 4.88. The Morgan fingerprint density at radius 1 is 1.20 bits per heavy atom. The van der Waals surface area contributed by atoms with E-state index in [1.807, 2.05) is 13.1 Å². The van der Waals surface area contributed by atoms with Crippen molar-refractivity contribution in [2.45, 2.75) is 26.3 Å². The van der Waals surface area contributed by atoms with Crippen LogP contribution in [0.5, 0.6) is 11.5 Å². The fourth-order valence-electron chi connectivity index (χ4n) is 1.81. The number of hydrogen-bond donors (Lipinski definition) is 1. The summed E-state index contributed by atoms with van der Waals surface area (Å²) < 4.78 is 16.6. The second kappa shape index (κ2) is 9.86. The number of nitrogens with one attached hydrogen (secondary N) is 1. The lowest BCUT2D eigenvalue weighted by Gasteiger charge is -2.15. The monoisotopic (exact) mass is 301 g/mol. The van der Waals surface area contributed by atoms with Crippen molar-refractivity contribution in [1.29, 1.82) is 0 Å². The van der Waals surface area contributed by atoms with Crippen molar-refractivity contribution in [3.8, 4) is 11.5 Å². The summed E-state index contributed by atoms with van der Waals surface area (Å²) in [5, 5.41) is 3.73. The highest BCUT2D eigenvalue weighted by molar-refractivity contribution is 6.30. The average Bonchev–Trinajstić information content (AvgIpc) is 2.44. The third-order valence-corrected chi connectivity index (χ3v) is 3.02. The average molecular weight is 302 g/mol. The van der Waals surface area contributed by atoms with Gasteiger partial charge in [-0.2, -0.15) is 0 Å². The van der Waals surface area contributed by atoms with Crippen molar-refractivity contribution in [2.24, 2.45) is 0 Å². The Labute approximate surface area is 126 Å². The topological polar surface area (TPSA) is 39.7 Å². The third-order valence-electron chi connectivity index (χ3n) is 2.80. The van der Waals surface area contributed by atoms with E-state index < -0.39 is 0 Å². The summed E-state index contributed by atoms with van der Waals surface area (Å²) in [5.74, 6) is 1.38. The number of halogens is 1. The molecule has 0 heterocycles. The number of hydrogen-bond acceptors (Lipinski definition) is 4.